The molecule has 0 aromatic carbocycles. The van der Waals surface area contributed by atoms with Crippen LogP contribution in [-0.2, 0) is 12.7 Å². The zero-order valence-electron chi connectivity index (χ0n) is 10.0. The highest BCUT2D eigenvalue weighted by Gasteiger charge is 2.33. The Hall–Kier alpha value is -2.69. The van der Waals surface area contributed by atoms with E-state index in [2.05, 4.69) is 20.5 Å². The normalized spacial score (nSPS) is 10.9. The van der Waals surface area contributed by atoms with Crippen molar-refractivity contribution in [3.05, 3.63) is 47.4 Å². The lowest BCUT2D eigenvalue weighted by Gasteiger charge is -2.10. The van der Waals surface area contributed by atoms with Crippen molar-refractivity contribution in [1.82, 2.24) is 15.2 Å². The molecule has 2 aromatic heterocycles. The van der Waals surface area contributed by atoms with Crippen molar-refractivity contribution in [2.24, 2.45) is 0 Å². The van der Waals surface area contributed by atoms with Crippen LogP contribution in [0.5, 0.6) is 0 Å². The highest BCUT2D eigenvalue weighted by molar-refractivity contribution is 5.52. The summed E-state index contributed by atoms with van der Waals surface area (Å²) in [5.74, 6) is -0.132. The van der Waals surface area contributed by atoms with Crippen molar-refractivity contribution in [3.8, 4) is 6.07 Å². The summed E-state index contributed by atoms with van der Waals surface area (Å²) in [5, 5.41) is 18.9. The molecule has 0 saturated carbocycles. The average molecular weight is 279 g/mol. The molecule has 0 unspecified atom stereocenters. The van der Waals surface area contributed by atoms with Crippen LogP contribution in [0.1, 0.15) is 17.0 Å². The van der Waals surface area contributed by atoms with Crippen molar-refractivity contribution in [1.29, 1.82) is 5.26 Å². The molecule has 2 heterocycles. The quantitative estimate of drug-likeness (QED) is 0.933. The second kappa shape index (κ2) is 5.52. The molecule has 0 saturated heterocycles. The zero-order valence-corrected chi connectivity index (χ0v) is 10.0. The number of alkyl halides is 3. The molecule has 102 valence electrons. The van der Waals surface area contributed by atoms with Gasteiger partial charge in [-0.3, -0.25) is 0 Å². The van der Waals surface area contributed by atoms with Gasteiger partial charge >= 0.3 is 6.18 Å². The van der Waals surface area contributed by atoms with Gasteiger partial charge in [-0.15, -0.1) is 0 Å². The van der Waals surface area contributed by atoms with Crippen LogP contribution in [0.15, 0.2) is 30.5 Å². The molecular formula is C12H8F3N5. The number of anilines is 1. The van der Waals surface area contributed by atoms with Gasteiger partial charge in [-0.2, -0.15) is 28.6 Å². The van der Waals surface area contributed by atoms with Crippen molar-refractivity contribution < 1.29 is 13.2 Å². The number of hydrogen-bond acceptors (Lipinski definition) is 5. The fourth-order valence-electron chi connectivity index (χ4n) is 1.44. The summed E-state index contributed by atoms with van der Waals surface area (Å²) in [6.07, 6.45) is -3.08. The van der Waals surface area contributed by atoms with Gasteiger partial charge in [0.1, 0.15) is 17.6 Å². The van der Waals surface area contributed by atoms with E-state index in [1.165, 1.54) is 6.20 Å². The van der Waals surface area contributed by atoms with Gasteiger partial charge in [0.2, 0.25) is 0 Å². The molecule has 0 aliphatic rings. The van der Waals surface area contributed by atoms with Gasteiger partial charge in [-0.25, -0.2) is 4.98 Å². The van der Waals surface area contributed by atoms with E-state index < -0.39 is 11.9 Å². The van der Waals surface area contributed by atoms with Gasteiger partial charge in [0.25, 0.3) is 0 Å². The zero-order chi connectivity index (χ0) is 14.6. The standard InChI is InChI=1S/C12H8F3N5/c13-12(14,15)10-4-3-8(6-16)11(19-10)17-7-9-2-1-5-18-20-9/h1-5H,7H2,(H,17,19). The molecule has 2 rings (SSSR count). The number of nitrogens with one attached hydrogen (secondary N) is 1. The first-order valence-corrected chi connectivity index (χ1v) is 5.49. The smallest absolute Gasteiger partial charge is 0.363 e. The molecule has 0 aliphatic heterocycles. The Morgan fingerprint density at radius 3 is 2.65 bits per heavy atom. The van der Waals surface area contributed by atoms with E-state index >= 15 is 0 Å². The van der Waals surface area contributed by atoms with E-state index in [0.717, 1.165) is 12.1 Å². The van der Waals surface area contributed by atoms with Crippen LogP contribution in [0.4, 0.5) is 19.0 Å². The summed E-state index contributed by atoms with van der Waals surface area (Å²) < 4.78 is 37.7. The SMILES string of the molecule is N#Cc1ccc(C(F)(F)F)nc1NCc1cccnn1. The third-order valence-electron chi connectivity index (χ3n) is 2.37. The largest absolute Gasteiger partial charge is 0.433 e. The minimum atomic E-state index is -4.56. The van der Waals surface area contributed by atoms with Gasteiger partial charge in [0.15, 0.2) is 0 Å². The molecule has 0 fully saturated rings. The maximum Gasteiger partial charge on any atom is 0.433 e. The van der Waals surface area contributed by atoms with Crippen LogP contribution in [0.2, 0.25) is 0 Å². The number of rotatable bonds is 3. The monoisotopic (exact) mass is 279 g/mol. The maximum atomic E-state index is 12.6. The molecule has 20 heavy (non-hydrogen) atoms. The van der Waals surface area contributed by atoms with Crippen molar-refractivity contribution in [3.63, 3.8) is 0 Å². The minimum Gasteiger partial charge on any atom is -0.363 e. The molecule has 2 aromatic rings. The van der Waals surface area contributed by atoms with E-state index in [9.17, 15) is 13.2 Å². The predicted octanol–water partition coefficient (Wildman–Crippen LogP) is 2.37. The molecule has 0 amide bonds. The summed E-state index contributed by atoms with van der Waals surface area (Å²) in [6, 6.07) is 6.93. The summed E-state index contributed by atoms with van der Waals surface area (Å²) in [6.45, 7) is 0.122. The van der Waals surface area contributed by atoms with Crippen molar-refractivity contribution in [2.45, 2.75) is 12.7 Å². The predicted molar refractivity (Wildman–Crippen MR) is 63.3 cm³/mol. The van der Waals surface area contributed by atoms with E-state index in [1.54, 1.807) is 18.2 Å². The van der Waals surface area contributed by atoms with Crippen LogP contribution >= 0.6 is 0 Å². The third kappa shape index (κ3) is 3.20. The van der Waals surface area contributed by atoms with E-state index in [0.29, 0.717) is 5.69 Å². The van der Waals surface area contributed by atoms with Gasteiger partial charge < -0.3 is 5.32 Å². The van der Waals surface area contributed by atoms with Crippen LogP contribution in [-0.4, -0.2) is 15.2 Å². The molecular weight excluding hydrogens is 271 g/mol. The number of hydrogen-bond donors (Lipinski definition) is 1. The summed E-state index contributed by atoms with van der Waals surface area (Å²) in [4.78, 5) is 3.42. The molecule has 0 aliphatic carbocycles. The minimum absolute atomic E-state index is 0.0295. The number of aromatic nitrogens is 3. The number of nitrogens with zero attached hydrogens (tertiary/aromatic N) is 4. The third-order valence-corrected chi connectivity index (χ3v) is 2.37. The average Bonchev–Trinajstić information content (AvgIpc) is 2.45. The first-order valence-electron chi connectivity index (χ1n) is 5.49. The van der Waals surface area contributed by atoms with Crippen LogP contribution in [0.25, 0.3) is 0 Å². The lowest BCUT2D eigenvalue weighted by Crippen LogP contribution is -2.12. The van der Waals surface area contributed by atoms with Gasteiger partial charge in [0, 0.05) is 6.20 Å². The van der Waals surface area contributed by atoms with Crippen LogP contribution in [0, 0.1) is 11.3 Å². The summed E-state index contributed by atoms with van der Waals surface area (Å²) in [7, 11) is 0. The first-order chi connectivity index (χ1) is 9.50. The molecule has 1 N–H and O–H groups in total. The van der Waals surface area contributed by atoms with Gasteiger partial charge in [0.05, 0.1) is 17.8 Å². The lowest BCUT2D eigenvalue weighted by molar-refractivity contribution is -0.141. The Labute approximate surface area is 112 Å². The molecule has 0 atom stereocenters. The number of nitriles is 1. The van der Waals surface area contributed by atoms with E-state index in [4.69, 9.17) is 5.26 Å². The number of pyridine rings is 1. The Morgan fingerprint density at radius 1 is 1.25 bits per heavy atom. The number of halogens is 3. The van der Waals surface area contributed by atoms with Gasteiger partial charge in [-0.1, -0.05) is 0 Å². The van der Waals surface area contributed by atoms with Gasteiger partial charge in [-0.05, 0) is 24.3 Å². The fourth-order valence-corrected chi connectivity index (χ4v) is 1.44. The molecule has 8 heteroatoms. The second-order valence-electron chi connectivity index (χ2n) is 3.77. The van der Waals surface area contributed by atoms with E-state index in [-0.39, 0.29) is 17.9 Å². The Bertz CT molecular complexity index is 634. The Balaban J connectivity index is 2.24. The Kier molecular flexibility index (Phi) is 3.79. The summed E-state index contributed by atoms with van der Waals surface area (Å²) in [5.41, 5.74) is -0.504. The van der Waals surface area contributed by atoms with Crippen molar-refractivity contribution in [2.75, 3.05) is 5.32 Å². The molecule has 0 spiro atoms. The first kappa shape index (κ1) is 13.7. The highest BCUT2D eigenvalue weighted by Crippen LogP contribution is 2.29. The maximum absolute atomic E-state index is 12.6. The van der Waals surface area contributed by atoms with E-state index in [1.807, 2.05) is 0 Å². The lowest BCUT2D eigenvalue weighted by atomic mass is 10.2. The molecule has 5 nitrogen and oxygen atoms in total. The van der Waals surface area contributed by atoms with Crippen molar-refractivity contribution >= 4 is 5.82 Å². The topological polar surface area (TPSA) is 74.5 Å². The highest BCUT2D eigenvalue weighted by atomic mass is 19.4. The second-order valence-corrected chi connectivity index (χ2v) is 3.77. The Morgan fingerprint density at radius 2 is 2.05 bits per heavy atom. The van der Waals surface area contributed by atoms with Crippen LogP contribution in [0.3, 0.4) is 0 Å². The fraction of sp³-hybridized carbons (Fsp3) is 0.167. The molecule has 0 radical (unpaired) electrons. The summed E-state index contributed by atoms with van der Waals surface area (Å²) >= 11 is 0. The van der Waals surface area contributed by atoms with Crippen LogP contribution < -0.4 is 5.32 Å². The molecule has 0 bridgehead atoms.